The Labute approximate surface area is 373 Å². The van der Waals surface area contributed by atoms with Gasteiger partial charge in [-0.1, -0.05) is 194 Å². The predicted octanol–water partition coefficient (Wildman–Crippen LogP) is 15.7. The van der Waals surface area contributed by atoms with E-state index in [-0.39, 0.29) is 38.0 Å². The SMILES string of the molecule is CC/C=C\C/C=C\C/C=C\C/C=C\C/C=C\C/C=C\CCCCC(=O)OCC(COC(=O)CCCCCCCCCCC)OC(=O)CC/C=C\C/C=C\C/C=C\C/C=C\CC. The van der Waals surface area contributed by atoms with Gasteiger partial charge in [-0.3, -0.25) is 14.4 Å². The maximum absolute atomic E-state index is 12.7. The summed E-state index contributed by atoms with van der Waals surface area (Å²) >= 11 is 0. The fourth-order valence-corrected chi connectivity index (χ4v) is 5.93. The van der Waals surface area contributed by atoms with Gasteiger partial charge in [-0.25, -0.2) is 0 Å². The molecule has 0 N–H and O–H groups in total. The molecule has 1 unspecified atom stereocenters. The minimum Gasteiger partial charge on any atom is -0.462 e. The molecule has 342 valence electrons. The van der Waals surface area contributed by atoms with Crippen LogP contribution in [0.1, 0.15) is 188 Å². The van der Waals surface area contributed by atoms with Crippen molar-refractivity contribution in [3.8, 4) is 0 Å². The smallest absolute Gasteiger partial charge is 0.306 e. The molecule has 1 atom stereocenters. The Morgan fingerprint density at radius 2 is 0.672 bits per heavy atom. The van der Waals surface area contributed by atoms with Gasteiger partial charge in [0.1, 0.15) is 13.2 Å². The van der Waals surface area contributed by atoms with Crippen molar-refractivity contribution in [3.63, 3.8) is 0 Å². The van der Waals surface area contributed by atoms with Crippen molar-refractivity contribution in [1.82, 2.24) is 0 Å². The number of esters is 3. The van der Waals surface area contributed by atoms with Crippen LogP contribution in [-0.4, -0.2) is 37.2 Å². The van der Waals surface area contributed by atoms with E-state index < -0.39 is 12.1 Å². The predicted molar refractivity (Wildman–Crippen MR) is 260 cm³/mol. The molecule has 0 aromatic rings. The highest BCUT2D eigenvalue weighted by Crippen LogP contribution is 2.12. The largest absolute Gasteiger partial charge is 0.462 e. The fraction of sp³-hybridized carbons (Fsp3) is 0.582. The van der Waals surface area contributed by atoms with Gasteiger partial charge in [-0.05, 0) is 96.3 Å². The highest BCUT2D eigenvalue weighted by atomic mass is 16.6. The Morgan fingerprint density at radius 1 is 0.344 bits per heavy atom. The van der Waals surface area contributed by atoms with Crippen LogP contribution in [0.2, 0.25) is 0 Å². The molecule has 6 heteroatoms. The minimum atomic E-state index is -0.833. The topological polar surface area (TPSA) is 78.9 Å². The highest BCUT2D eigenvalue weighted by Gasteiger charge is 2.19. The Bertz CT molecular complexity index is 1340. The molecular weight excluding hydrogens is 757 g/mol. The fourth-order valence-electron chi connectivity index (χ4n) is 5.93. The standard InChI is InChI=1S/C55H86O6/c1-4-7-10-13-16-19-21-23-24-25-26-27-28-29-30-32-33-36-39-42-45-48-54(57)60-51-52(50-59-53(56)47-44-41-38-35-18-15-12-9-6-3)61-55(58)49-46-43-40-37-34-31-22-20-17-14-11-8-5-2/h7-8,10-11,16-17,19-20,23-24,26-27,29-31,33-34,36,40,43,52H,4-6,9,12-15,18,21-22,25,28,32,35,37-39,41-42,44-51H2,1-3H3/b10-7-,11-8-,19-16-,20-17-,24-23-,27-26-,30-29-,34-31-,36-33-,43-40-. The van der Waals surface area contributed by atoms with Crippen molar-refractivity contribution < 1.29 is 28.6 Å². The van der Waals surface area contributed by atoms with E-state index in [1.54, 1.807) is 0 Å². The summed E-state index contributed by atoms with van der Waals surface area (Å²) in [6.45, 7) is 6.25. The summed E-state index contributed by atoms with van der Waals surface area (Å²) in [6.07, 6.45) is 66.3. The van der Waals surface area contributed by atoms with E-state index in [2.05, 4.69) is 130 Å². The van der Waals surface area contributed by atoms with E-state index in [1.165, 1.54) is 38.5 Å². The van der Waals surface area contributed by atoms with Crippen molar-refractivity contribution in [2.75, 3.05) is 13.2 Å². The maximum Gasteiger partial charge on any atom is 0.306 e. The lowest BCUT2D eigenvalue weighted by atomic mass is 10.1. The maximum atomic E-state index is 12.7. The lowest BCUT2D eigenvalue weighted by Gasteiger charge is -2.18. The van der Waals surface area contributed by atoms with Gasteiger partial charge in [-0.15, -0.1) is 0 Å². The first-order valence-corrected chi connectivity index (χ1v) is 24.0. The van der Waals surface area contributed by atoms with Crippen molar-refractivity contribution in [2.45, 2.75) is 194 Å². The quantitative estimate of drug-likeness (QED) is 0.0264. The number of carbonyl (C=O) groups is 3. The molecule has 0 radical (unpaired) electrons. The molecule has 0 fully saturated rings. The molecule has 0 spiro atoms. The first kappa shape index (κ1) is 56.8. The molecular formula is C55H86O6. The van der Waals surface area contributed by atoms with Gasteiger partial charge in [0.25, 0.3) is 0 Å². The minimum absolute atomic E-state index is 0.123. The van der Waals surface area contributed by atoms with E-state index in [9.17, 15) is 14.4 Å². The zero-order valence-electron chi connectivity index (χ0n) is 38.9. The van der Waals surface area contributed by atoms with Crippen molar-refractivity contribution >= 4 is 17.9 Å². The van der Waals surface area contributed by atoms with Crippen molar-refractivity contribution in [1.29, 1.82) is 0 Å². The second-order valence-electron chi connectivity index (χ2n) is 15.3. The number of hydrogen-bond donors (Lipinski definition) is 0. The van der Waals surface area contributed by atoms with Crippen LogP contribution in [0.4, 0.5) is 0 Å². The monoisotopic (exact) mass is 843 g/mol. The van der Waals surface area contributed by atoms with Gasteiger partial charge >= 0.3 is 17.9 Å². The Balaban J connectivity index is 4.51. The van der Waals surface area contributed by atoms with Gasteiger partial charge in [0.05, 0.1) is 0 Å². The van der Waals surface area contributed by atoms with E-state index in [0.717, 1.165) is 96.3 Å². The molecule has 0 aliphatic rings. The molecule has 0 saturated heterocycles. The van der Waals surface area contributed by atoms with Crippen LogP contribution < -0.4 is 0 Å². The third-order valence-electron chi connectivity index (χ3n) is 9.48. The molecule has 6 nitrogen and oxygen atoms in total. The normalized spacial score (nSPS) is 13.2. The first-order valence-electron chi connectivity index (χ1n) is 24.0. The van der Waals surface area contributed by atoms with Crippen molar-refractivity contribution in [3.05, 3.63) is 122 Å². The molecule has 0 rings (SSSR count). The van der Waals surface area contributed by atoms with Gasteiger partial charge < -0.3 is 14.2 Å². The Hall–Kier alpha value is -4.19. The van der Waals surface area contributed by atoms with Crippen molar-refractivity contribution in [2.24, 2.45) is 0 Å². The molecule has 0 saturated carbocycles. The Kier molecular flexibility index (Phi) is 45.1. The Morgan fingerprint density at radius 3 is 1.07 bits per heavy atom. The molecule has 0 heterocycles. The first-order chi connectivity index (χ1) is 30.0. The molecule has 0 aromatic heterocycles. The molecule has 61 heavy (non-hydrogen) atoms. The van der Waals surface area contributed by atoms with Crippen LogP contribution in [-0.2, 0) is 28.6 Å². The van der Waals surface area contributed by atoms with Crippen LogP contribution in [0.15, 0.2) is 122 Å². The van der Waals surface area contributed by atoms with Crippen LogP contribution in [0.25, 0.3) is 0 Å². The summed E-state index contributed by atoms with van der Waals surface area (Å²) in [5.74, 6) is -1.07. The molecule has 0 aromatic carbocycles. The molecule has 0 amide bonds. The molecule has 0 aliphatic carbocycles. The lowest BCUT2D eigenvalue weighted by molar-refractivity contribution is -0.166. The van der Waals surface area contributed by atoms with Crippen LogP contribution in [0.5, 0.6) is 0 Å². The van der Waals surface area contributed by atoms with Crippen LogP contribution >= 0.6 is 0 Å². The number of unbranched alkanes of at least 4 members (excludes halogenated alkanes) is 10. The van der Waals surface area contributed by atoms with E-state index in [4.69, 9.17) is 14.2 Å². The summed E-state index contributed by atoms with van der Waals surface area (Å²) in [5, 5.41) is 0. The third kappa shape index (κ3) is 46.7. The summed E-state index contributed by atoms with van der Waals surface area (Å²) in [4.78, 5) is 37.7. The number of carbonyl (C=O) groups excluding carboxylic acids is 3. The summed E-state index contributed by atoms with van der Waals surface area (Å²) in [6, 6.07) is 0. The van der Waals surface area contributed by atoms with Crippen LogP contribution in [0.3, 0.4) is 0 Å². The summed E-state index contributed by atoms with van der Waals surface area (Å²) in [5.41, 5.74) is 0. The molecule has 0 aliphatic heterocycles. The second-order valence-corrected chi connectivity index (χ2v) is 15.3. The number of allylic oxidation sites excluding steroid dienone is 20. The van der Waals surface area contributed by atoms with Gasteiger partial charge in [0.2, 0.25) is 0 Å². The zero-order valence-corrected chi connectivity index (χ0v) is 38.9. The highest BCUT2D eigenvalue weighted by molar-refractivity contribution is 5.71. The van der Waals surface area contributed by atoms with Gasteiger partial charge in [0, 0.05) is 19.3 Å². The number of hydrogen-bond acceptors (Lipinski definition) is 6. The average molecular weight is 843 g/mol. The number of rotatable bonds is 41. The average Bonchev–Trinajstić information content (AvgIpc) is 3.26. The van der Waals surface area contributed by atoms with E-state index in [1.807, 2.05) is 12.2 Å². The third-order valence-corrected chi connectivity index (χ3v) is 9.48. The zero-order chi connectivity index (χ0) is 44.4. The van der Waals surface area contributed by atoms with Gasteiger partial charge in [-0.2, -0.15) is 0 Å². The van der Waals surface area contributed by atoms with Crippen LogP contribution in [0, 0.1) is 0 Å². The lowest BCUT2D eigenvalue weighted by Crippen LogP contribution is -2.30. The van der Waals surface area contributed by atoms with E-state index >= 15 is 0 Å². The van der Waals surface area contributed by atoms with E-state index in [0.29, 0.717) is 19.3 Å². The van der Waals surface area contributed by atoms with Gasteiger partial charge in [0.15, 0.2) is 6.10 Å². The molecule has 0 bridgehead atoms. The summed E-state index contributed by atoms with van der Waals surface area (Å²) < 4.78 is 16.6. The number of ether oxygens (including phenoxy) is 3. The second kappa shape index (κ2) is 48.5. The summed E-state index contributed by atoms with van der Waals surface area (Å²) in [7, 11) is 0.